The van der Waals surface area contributed by atoms with E-state index in [1.54, 1.807) is 0 Å². The minimum Gasteiger partial charge on any atom is -0.383 e. The summed E-state index contributed by atoms with van der Waals surface area (Å²) in [6.07, 6.45) is 0.794. The third kappa shape index (κ3) is 2.27. The van der Waals surface area contributed by atoms with E-state index >= 15 is 0 Å². The van der Waals surface area contributed by atoms with Gasteiger partial charge in [0.05, 0.1) is 18.8 Å². The van der Waals surface area contributed by atoms with Gasteiger partial charge in [0.25, 0.3) is 0 Å². The lowest BCUT2D eigenvalue weighted by molar-refractivity contribution is 0.0638. The molecule has 0 radical (unpaired) electrons. The molecule has 0 amide bonds. The number of hydrogen-bond donors (Lipinski definition) is 1. The molecule has 1 aromatic heterocycles. The minimum atomic E-state index is -0.0607. The molecule has 0 aliphatic carbocycles. The summed E-state index contributed by atoms with van der Waals surface area (Å²) < 4.78 is 5.55. The zero-order valence-corrected chi connectivity index (χ0v) is 11.7. The summed E-state index contributed by atoms with van der Waals surface area (Å²) in [4.78, 5) is 11.2. The highest BCUT2D eigenvalue weighted by Crippen LogP contribution is 2.29. The van der Waals surface area contributed by atoms with Gasteiger partial charge in [-0.2, -0.15) is 0 Å². The lowest BCUT2D eigenvalue weighted by Gasteiger charge is -2.43. The summed E-state index contributed by atoms with van der Waals surface area (Å²) in [5, 5.41) is 0. The van der Waals surface area contributed by atoms with Crippen molar-refractivity contribution in [3.8, 4) is 0 Å². The van der Waals surface area contributed by atoms with Crippen LogP contribution in [0.4, 0.5) is 11.6 Å². The van der Waals surface area contributed by atoms with E-state index in [1.807, 2.05) is 13.8 Å². The average molecular weight is 250 g/mol. The number of anilines is 2. The maximum atomic E-state index is 5.98. The molecule has 0 bridgehead atoms. The lowest BCUT2D eigenvalue weighted by Crippen LogP contribution is -2.53. The Bertz CT molecular complexity index is 445. The summed E-state index contributed by atoms with van der Waals surface area (Å²) >= 11 is 0. The van der Waals surface area contributed by atoms with E-state index in [2.05, 4.69) is 28.7 Å². The van der Waals surface area contributed by atoms with Crippen LogP contribution in [0.15, 0.2) is 0 Å². The predicted molar refractivity (Wildman–Crippen MR) is 72.8 cm³/mol. The standard InChI is InChI=1S/C13H22N4O/c1-5-10-15-11(14)9(2)12(16-10)17-6-7-18-8-13(17,3)4/h5-8H2,1-4H3,(H2,14,15,16). The Morgan fingerprint density at radius 3 is 2.72 bits per heavy atom. The van der Waals surface area contributed by atoms with Crippen molar-refractivity contribution < 1.29 is 4.74 Å². The monoisotopic (exact) mass is 250 g/mol. The van der Waals surface area contributed by atoms with Crippen molar-refractivity contribution in [1.82, 2.24) is 9.97 Å². The van der Waals surface area contributed by atoms with E-state index in [0.29, 0.717) is 12.4 Å². The van der Waals surface area contributed by atoms with Gasteiger partial charge in [0, 0.05) is 18.5 Å². The van der Waals surface area contributed by atoms with Gasteiger partial charge in [-0.05, 0) is 20.8 Å². The minimum absolute atomic E-state index is 0.0607. The van der Waals surface area contributed by atoms with Gasteiger partial charge >= 0.3 is 0 Å². The number of aromatic nitrogens is 2. The Labute approximate surface area is 108 Å². The van der Waals surface area contributed by atoms with Gasteiger partial charge in [0.15, 0.2) is 0 Å². The van der Waals surface area contributed by atoms with Gasteiger partial charge < -0.3 is 15.4 Å². The van der Waals surface area contributed by atoms with E-state index < -0.39 is 0 Å². The number of rotatable bonds is 2. The first-order valence-corrected chi connectivity index (χ1v) is 6.44. The van der Waals surface area contributed by atoms with E-state index in [1.165, 1.54) is 0 Å². The number of nitrogen functional groups attached to an aromatic ring is 1. The van der Waals surface area contributed by atoms with Crippen LogP contribution in [0.1, 0.15) is 32.2 Å². The van der Waals surface area contributed by atoms with Gasteiger partial charge in [-0.25, -0.2) is 9.97 Å². The summed E-state index contributed by atoms with van der Waals surface area (Å²) in [5.41, 5.74) is 6.88. The molecule has 1 aromatic rings. The smallest absolute Gasteiger partial charge is 0.137 e. The zero-order valence-electron chi connectivity index (χ0n) is 11.7. The van der Waals surface area contributed by atoms with Crippen LogP contribution in [-0.4, -0.2) is 35.3 Å². The van der Waals surface area contributed by atoms with E-state index in [0.717, 1.165) is 36.8 Å². The molecular formula is C13H22N4O. The SMILES string of the molecule is CCc1nc(N)c(C)c(N2CCOCC2(C)C)n1. The maximum absolute atomic E-state index is 5.98. The number of aryl methyl sites for hydroxylation is 1. The molecule has 2 rings (SSSR count). The topological polar surface area (TPSA) is 64.3 Å². The molecule has 0 saturated carbocycles. The highest BCUT2D eigenvalue weighted by atomic mass is 16.5. The Kier molecular flexibility index (Phi) is 3.43. The fourth-order valence-corrected chi connectivity index (χ4v) is 2.24. The number of hydrogen-bond acceptors (Lipinski definition) is 5. The fraction of sp³-hybridized carbons (Fsp3) is 0.692. The lowest BCUT2D eigenvalue weighted by atomic mass is 10.0. The van der Waals surface area contributed by atoms with Crippen LogP contribution in [0, 0.1) is 6.92 Å². The molecule has 1 saturated heterocycles. The highest BCUT2D eigenvalue weighted by Gasteiger charge is 2.33. The van der Waals surface area contributed by atoms with Gasteiger partial charge in [0.1, 0.15) is 17.5 Å². The molecule has 0 spiro atoms. The van der Waals surface area contributed by atoms with Crippen LogP contribution >= 0.6 is 0 Å². The summed E-state index contributed by atoms with van der Waals surface area (Å²) in [6, 6.07) is 0. The highest BCUT2D eigenvalue weighted by molar-refractivity contribution is 5.58. The Hall–Kier alpha value is -1.36. The molecule has 2 N–H and O–H groups in total. The number of morpholine rings is 1. The van der Waals surface area contributed by atoms with E-state index in [9.17, 15) is 0 Å². The summed E-state index contributed by atoms with van der Waals surface area (Å²) in [6.45, 7) is 10.6. The molecule has 1 aliphatic rings. The van der Waals surface area contributed by atoms with Crippen molar-refractivity contribution in [2.45, 2.75) is 39.7 Å². The van der Waals surface area contributed by atoms with Gasteiger partial charge in [-0.15, -0.1) is 0 Å². The first-order chi connectivity index (χ1) is 8.45. The zero-order chi connectivity index (χ0) is 13.3. The molecular weight excluding hydrogens is 228 g/mol. The second-order valence-corrected chi connectivity index (χ2v) is 5.34. The first-order valence-electron chi connectivity index (χ1n) is 6.44. The number of ether oxygens (including phenoxy) is 1. The van der Waals surface area contributed by atoms with Crippen molar-refractivity contribution in [3.63, 3.8) is 0 Å². The Morgan fingerprint density at radius 2 is 2.11 bits per heavy atom. The van der Waals surface area contributed by atoms with Crippen LogP contribution in [0.5, 0.6) is 0 Å². The third-order valence-electron chi connectivity index (χ3n) is 3.42. The van der Waals surface area contributed by atoms with Crippen molar-refractivity contribution in [2.24, 2.45) is 0 Å². The van der Waals surface area contributed by atoms with Crippen molar-refractivity contribution in [3.05, 3.63) is 11.4 Å². The molecule has 18 heavy (non-hydrogen) atoms. The maximum Gasteiger partial charge on any atom is 0.137 e. The van der Waals surface area contributed by atoms with Crippen LogP contribution in [0.2, 0.25) is 0 Å². The quantitative estimate of drug-likeness (QED) is 0.862. The summed E-state index contributed by atoms with van der Waals surface area (Å²) in [7, 11) is 0. The molecule has 1 fully saturated rings. The third-order valence-corrected chi connectivity index (χ3v) is 3.42. The van der Waals surface area contributed by atoms with Gasteiger partial charge in [-0.3, -0.25) is 0 Å². The van der Waals surface area contributed by atoms with Gasteiger partial charge in [0.2, 0.25) is 0 Å². The van der Waals surface area contributed by atoms with Crippen LogP contribution in [0.25, 0.3) is 0 Å². The van der Waals surface area contributed by atoms with E-state index in [4.69, 9.17) is 10.5 Å². The molecule has 1 aliphatic heterocycles. The van der Waals surface area contributed by atoms with Crippen LogP contribution < -0.4 is 10.6 Å². The molecule has 0 atom stereocenters. The largest absolute Gasteiger partial charge is 0.383 e. The molecule has 0 unspecified atom stereocenters. The second kappa shape index (κ2) is 4.72. The van der Waals surface area contributed by atoms with Crippen molar-refractivity contribution in [2.75, 3.05) is 30.4 Å². The second-order valence-electron chi connectivity index (χ2n) is 5.34. The molecule has 5 heteroatoms. The predicted octanol–water partition coefficient (Wildman–Crippen LogP) is 1.54. The molecule has 100 valence electrons. The van der Waals surface area contributed by atoms with Gasteiger partial charge in [-0.1, -0.05) is 6.92 Å². The number of nitrogens with zero attached hydrogens (tertiary/aromatic N) is 3. The molecule has 0 aromatic carbocycles. The fourth-order valence-electron chi connectivity index (χ4n) is 2.24. The van der Waals surface area contributed by atoms with Crippen molar-refractivity contribution >= 4 is 11.6 Å². The average Bonchev–Trinajstić information content (AvgIpc) is 2.32. The van der Waals surface area contributed by atoms with Crippen molar-refractivity contribution in [1.29, 1.82) is 0 Å². The molecule has 5 nitrogen and oxygen atoms in total. The molecule has 2 heterocycles. The van der Waals surface area contributed by atoms with E-state index in [-0.39, 0.29) is 5.54 Å². The van der Waals surface area contributed by atoms with Crippen LogP contribution in [-0.2, 0) is 11.2 Å². The normalized spacial score (nSPS) is 19.0. The number of nitrogens with two attached hydrogens (primary N) is 1. The Morgan fingerprint density at radius 1 is 1.39 bits per heavy atom. The first kappa shape index (κ1) is 13.1. The van der Waals surface area contributed by atoms with Crippen LogP contribution in [0.3, 0.4) is 0 Å². The summed E-state index contributed by atoms with van der Waals surface area (Å²) in [5.74, 6) is 2.34. The Balaban J connectivity index is 2.45.